The van der Waals surface area contributed by atoms with Crippen molar-refractivity contribution in [2.24, 2.45) is 0 Å². The molecule has 2 aromatic heterocycles. The first-order valence-electron chi connectivity index (χ1n) is 10.1. The van der Waals surface area contributed by atoms with Crippen LogP contribution in [-0.4, -0.2) is 39.3 Å². The van der Waals surface area contributed by atoms with E-state index in [2.05, 4.69) is 15.2 Å². The van der Waals surface area contributed by atoms with Crippen molar-refractivity contribution >= 4 is 16.7 Å². The maximum atomic E-state index is 13.3. The number of aromatic nitrogens is 4. The summed E-state index contributed by atoms with van der Waals surface area (Å²) in [5.41, 5.74) is 2.00. The number of hydrogen-bond donors (Lipinski definition) is 0. The number of hydrogen-bond acceptors (Lipinski definition) is 6. The number of para-hydroxylation sites is 1. The van der Waals surface area contributed by atoms with Gasteiger partial charge in [0.05, 0.1) is 42.4 Å². The molecule has 0 radical (unpaired) electrons. The zero-order chi connectivity index (χ0) is 20.7. The maximum absolute atomic E-state index is 13.3. The van der Waals surface area contributed by atoms with E-state index in [4.69, 9.17) is 4.74 Å². The summed E-state index contributed by atoms with van der Waals surface area (Å²) in [5, 5.41) is 9.08. The molecular weight excluding hydrogens is 392 g/mol. The highest BCUT2D eigenvalue weighted by atomic mass is 19.3. The van der Waals surface area contributed by atoms with E-state index in [9.17, 15) is 13.6 Å². The van der Waals surface area contributed by atoms with Gasteiger partial charge in [0.1, 0.15) is 5.82 Å². The number of anilines is 1. The maximum Gasteiger partial charge on any atom is 0.261 e. The molecule has 0 aliphatic carbocycles. The molecular formula is C21H21F2N5O2. The van der Waals surface area contributed by atoms with E-state index < -0.39 is 18.5 Å². The molecule has 30 heavy (non-hydrogen) atoms. The third kappa shape index (κ3) is 3.32. The number of fused-ring (bicyclic) bond motifs is 2. The molecule has 2 aliphatic heterocycles. The molecule has 0 bridgehead atoms. The molecule has 156 valence electrons. The van der Waals surface area contributed by atoms with E-state index in [-0.39, 0.29) is 6.04 Å². The van der Waals surface area contributed by atoms with Crippen LogP contribution < -0.4 is 10.5 Å². The lowest BCUT2D eigenvalue weighted by Crippen LogP contribution is -2.34. The molecule has 1 aromatic carbocycles. The van der Waals surface area contributed by atoms with Gasteiger partial charge in [-0.05, 0) is 31.0 Å². The lowest BCUT2D eigenvalue weighted by molar-refractivity contribution is 0.108. The van der Waals surface area contributed by atoms with Gasteiger partial charge in [0.15, 0.2) is 5.82 Å². The summed E-state index contributed by atoms with van der Waals surface area (Å²) in [5.74, 6) is 1.01. The quantitative estimate of drug-likeness (QED) is 0.655. The van der Waals surface area contributed by atoms with E-state index >= 15 is 0 Å². The Bertz CT molecular complexity index is 1150. The molecule has 7 nitrogen and oxygen atoms in total. The molecule has 0 spiro atoms. The van der Waals surface area contributed by atoms with Crippen LogP contribution in [0.1, 0.15) is 36.0 Å². The first-order chi connectivity index (χ1) is 14.6. The average Bonchev–Trinajstić information content (AvgIpc) is 3.25. The zero-order valence-electron chi connectivity index (χ0n) is 16.3. The molecule has 5 rings (SSSR count). The van der Waals surface area contributed by atoms with Gasteiger partial charge in [-0.3, -0.25) is 9.36 Å². The van der Waals surface area contributed by atoms with Crippen molar-refractivity contribution in [3.63, 3.8) is 0 Å². The van der Waals surface area contributed by atoms with Crippen LogP contribution in [0.25, 0.3) is 10.9 Å². The second-order valence-corrected chi connectivity index (χ2v) is 7.62. The first kappa shape index (κ1) is 19.0. The third-order valence-electron chi connectivity index (χ3n) is 5.74. The van der Waals surface area contributed by atoms with Crippen LogP contribution in [-0.2, 0) is 24.3 Å². The van der Waals surface area contributed by atoms with Crippen LogP contribution in [0.3, 0.4) is 0 Å². The molecule has 4 heterocycles. The van der Waals surface area contributed by atoms with Crippen LogP contribution in [0.2, 0.25) is 0 Å². The van der Waals surface area contributed by atoms with Crippen molar-refractivity contribution in [2.75, 3.05) is 18.1 Å². The molecule has 1 atom stereocenters. The Morgan fingerprint density at radius 2 is 2.10 bits per heavy atom. The molecule has 0 saturated carbocycles. The van der Waals surface area contributed by atoms with Crippen LogP contribution >= 0.6 is 0 Å². The predicted octanol–water partition coefficient (Wildman–Crippen LogP) is 2.87. The van der Waals surface area contributed by atoms with Gasteiger partial charge in [-0.1, -0.05) is 12.1 Å². The molecule has 1 fully saturated rings. The van der Waals surface area contributed by atoms with Gasteiger partial charge in [0.2, 0.25) is 0 Å². The van der Waals surface area contributed by atoms with E-state index in [1.54, 1.807) is 24.3 Å². The number of halogens is 2. The molecule has 9 heteroatoms. The summed E-state index contributed by atoms with van der Waals surface area (Å²) < 4.78 is 33.3. The lowest BCUT2D eigenvalue weighted by Gasteiger charge is -2.28. The third-order valence-corrected chi connectivity index (χ3v) is 5.74. The van der Waals surface area contributed by atoms with E-state index in [1.165, 1.54) is 0 Å². The van der Waals surface area contributed by atoms with E-state index in [0.717, 1.165) is 28.7 Å². The minimum absolute atomic E-state index is 0.321. The molecule has 0 N–H and O–H groups in total. The van der Waals surface area contributed by atoms with Crippen LogP contribution in [0, 0.1) is 0 Å². The monoisotopic (exact) mass is 413 g/mol. The Kier molecular flexibility index (Phi) is 4.90. The fourth-order valence-electron chi connectivity index (χ4n) is 4.33. The average molecular weight is 413 g/mol. The Hall–Kier alpha value is -2.94. The highest BCUT2D eigenvalue weighted by Crippen LogP contribution is 2.35. The minimum Gasteiger partial charge on any atom is -0.376 e. The number of benzene rings is 1. The van der Waals surface area contributed by atoms with Gasteiger partial charge in [-0.15, -0.1) is 5.10 Å². The molecule has 0 amide bonds. The second-order valence-electron chi connectivity index (χ2n) is 7.62. The van der Waals surface area contributed by atoms with Gasteiger partial charge in [-0.2, -0.15) is 5.10 Å². The van der Waals surface area contributed by atoms with Crippen molar-refractivity contribution in [1.29, 1.82) is 0 Å². The van der Waals surface area contributed by atoms with Crippen molar-refractivity contribution < 1.29 is 13.5 Å². The Balaban J connectivity index is 1.61. The van der Waals surface area contributed by atoms with Gasteiger partial charge in [-0.25, -0.2) is 13.8 Å². The number of rotatable bonds is 4. The molecule has 2 aliphatic rings. The zero-order valence-corrected chi connectivity index (χ0v) is 16.3. The molecule has 3 aromatic rings. The van der Waals surface area contributed by atoms with Crippen LogP contribution in [0.15, 0.2) is 35.1 Å². The van der Waals surface area contributed by atoms with Crippen molar-refractivity contribution in [3.05, 3.63) is 57.8 Å². The number of nitrogens with zero attached hydrogens (tertiary/aromatic N) is 5. The van der Waals surface area contributed by atoms with Gasteiger partial charge in [0.25, 0.3) is 12.0 Å². The topological polar surface area (TPSA) is 73.1 Å². The van der Waals surface area contributed by atoms with E-state index in [1.807, 2.05) is 11.0 Å². The first-order valence-corrected chi connectivity index (χ1v) is 10.1. The minimum atomic E-state index is -2.65. The predicted molar refractivity (Wildman–Crippen MR) is 107 cm³/mol. The van der Waals surface area contributed by atoms with Gasteiger partial charge < -0.3 is 9.64 Å². The van der Waals surface area contributed by atoms with Gasteiger partial charge >= 0.3 is 0 Å². The highest BCUT2D eigenvalue weighted by molar-refractivity contribution is 5.77. The molecule has 1 unspecified atom stereocenters. The largest absolute Gasteiger partial charge is 0.376 e. The smallest absolute Gasteiger partial charge is 0.261 e. The summed E-state index contributed by atoms with van der Waals surface area (Å²) in [6.07, 6.45) is -0.382. The Labute approximate surface area is 171 Å². The normalized spacial score (nSPS) is 18.9. The fourth-order valence-corrected chi connectivity index (χ4v) is 4.33. The fraction of sp³-hybridized carbons (Fsp3) is 0.429. The van der Waals surface area contributed by atoms with Crippen molar-refractivity contribution in [1.82, 2.24) is 19.7 Å². The van der Waals surface area contributed by atoms with Crippen molar-refractivity contribution in [2.45, 2.75) is 44.9 Å². The Morgan fingerprint density at radius 1 is 1.23 bits per heavy atom. The SMILES string of the molecule is O=c1c2ccccc2nc(C2CCCN2c2cc3c(nn2)CCOC3)n1CC(F)F. The summed E-state index contributed by atoms with van der Waals surface area (Å²) in [6.45, 7) is 1.13. The molecule has 1 saturated heterocycles. The number of ether oxygens (including phenoxy) is 1. The highest BCUT2D eigenvalue weighted by Gasteiger charge is 2.32. The van der Waals surface area contributed by atoms with Gasteiger partial charge in [0, 0.05) is 18.5 Å². The summed E-state index contributed by atoms with van der Waals surface area (Å²) in [4.78, 5) is 19.7. The summed E-state index contributed by atoms with van der Waals surface area (Å²) >= 11 is 0. The lowest BCUT2D eigenvalue weighted by atomic mass is 10.1. The Morgan fingerprint density at radius 3 is 2.97 bits per heavy atom. The van der Waals surface area contributed by atoms with Crippen LogP contribution in [0.4, 0.5) is 14.6 Å². The summed E-state index contributed by atoms with van der Waals surface area (Å²) in [6, 6.07) is 8.50. The standard InChI is InChI=1S/C21H21F2N5O2/c22-18(23)11-28-20(24-16-5-2-1-4-14(16)21(28)29)17-6-3-8-27(17)19-10-13-12-30-9-7-15(13)25-26-19/h1-2,4-5,10,17-18H,3,6-9,11-12H2. The van der Waals surface area contributed by atoms with E-state index in [0.29, 0.717) is 48.7 Å². The van der Waals surface area contributed by atoms with Crippen LogP contribution in [0.5, 0.6) is 0 Å². The van der Waals surface area contributed by atoms with Crippen molar-refractivity contribution in [3.8, 4) is 0 Å². The number of alkyl halides is 2. The second kappa shape index (κ2) is 7.71. The summed E-state index contributed by atoms with van der Waals surface area (Å²) in [7, 11) is 0.